The van der Waals surface area contributed by atoms with Crippen molar-refractivity contribution in [3.8, 4) is 0 Å². The number of aryl methyl sites for hydroxylation is 3. The summed E-state index contributed by atoms with van der Waals surface area (Å²) in [6.07, 6.45) is 0. The number of aromatic nitrogens is 2. The maximum atomic E-state index is 11.7. The average molecular weight is 238 g/mol. The zero-order chi connectivity index (χ0) is 11.9. The number of thiazole rings is 1. The second-order valence-corrected chi connectivity index (χ2v) is 5.06. The van der Waals surface area contributed by atoms with Crippen molar-refractivity contribution in [2.75, 3.05) is 0 Å². The molecule has 0 bridgehead atoms. The summed E-state index contributed by atoms with van der Waals surface area (Å²) in [4.78, 5) is 12.9. The minimum Gasteiger partial charge on any atom is -0.361 e. The van der Waals surface area contributed by atoms with E-state index in [4.69, 9.17) is 4.52 Å². The largest absolute Gasteiger partial charge is 0.361 e. The average Bonchev–Trinajstić information content (AvgIpc) is 2.65. The van der Waals surface area contributed by atoms with Crippen LogP contribution in [-0.4, -0.2) is 9.72 Å². The lowest BCUT2D eigenvalue weighted by atomic mass is 10.2. The van der Waals surface area contributed by atoms with Crippen LogP contribution >= 0.6 is 11.3 Å². The zero-order valence-electron chi connectivity index (χ0n) is 9.83. The van der Waals surface area contributed by atoms with Gasteiger partial charge in [0.15, 0.2) is 0 Å². The van der Waals surface area contributed by atoms with Gasteiger partial charge in [0.05, 0.1) is 12.2 Å². The molecule has 0 fully saturated rings. The summed E-state index contributed by atoms with van der Waals surface area (Å²) in [5.41, 5.74) is 2.88. The van der Waals surface area contributed by atoms with E-state index in [-0.39, 0.29) is 4.87 Å². The lowest BCUT2D eigenvalue weighted by molar-refractivity contribution is 0.392. The molecule has 0 aliphatic carbocycles. The van der Waals surface area contributed by atoms with Gasteiger partial charge in [-0.1, -0.05) is 16.5 Å². The summed E-state index contributed by atoms with van der Waals surface area (Å²) < 4.78 is 6.86. The first-order valence-corrected chi connectivity index (χ1v) is 5.91. The zero-order valence-corrected chi connectivity index (χ0v) is 10.6. The van der Waals surface area contributed by atoms with Crippen LogP contribution in [0.1, 0.15) is 27.6 Å². The van der Waals surface area contributed by atoms with Crippen LogP contribution in [0.5, 0.6) is 0 Å². The highest BCUT2D eigenvalue weighted by Gasteiger charge is 2.13. The van der Waals surface area contributed by atoms with Crippen molar-refractivity contribution in [1.29, 1.82) is 0 Å². The highest BCUT2D eigenvalue weighted by Crippen LogP contribution is 2.16. The molecule has 0 aliphatic rings. The van der Waals surface area contributed by atoms with Gasteiger partial charge in [-0.25, -0.2) is 0 Å². The Bertz CT molecular complexity index is 558. The molecule has 86 valence electrons. The van der Waals surface area contributed by atoms with Crippen LogP contribution in [-0.2, 0) is 6.54 Å². The van der Waals surface area contributed by atoms with Crippen LogP contribution in [0, 0.1) is 27.7 Å². The fourth-order valence-corrected chi connectivity index (χ4v) is 2.49. The molecular weight excluding hydrogens is 224 g/mol. The molecule has 4 nitrogen and oxygen atoms in total. The Hall–Kier alpha value is -1.36. The third-order valence-electron chi connectivity index (χ3n) is 2.87. The van der Waals surface area contributed by atoms with E-state index in [0.717, 1.165) is 27.6 Å². The molecule has 0 spiro atoms. The van der Waals surface area contributed by atoms with Crippen molar-refractivity contribution < 1.29 is 4.52 Å². The third kappa shape index (κ3) is 1.71. The van der Waals surface area contributed by atoms with Gasteiger partial charge in [0.2, 0.25) is 0 Å². The molecule has 5 heteroatoms. The molecule has 0 radical (unpaired) electrons. The molecule has 0 aliphatic heterocycles. The number of rotatable bonds is 2. The van der Waals surface area contributed by atoms with E-state index in [1.54, 1.807) is 4.57 Å². The van der Waals surface area contributed by atoms with Gasteiger partial charge in [0.25, 0.3) is 0 Å². The highest BCUT2D eigenvalue weighted by molar-refractivity contribution is 7.09. The topological polar surface area (TPSA) is 48.0 Å². The molecule has 0 saturated carbocycles. The van der Waals surface area contributed by atoms with E-state index in [9.17, 15) is 4.79 Å². The molecule has 0 unspecified atom stereocenters. The van der Waals surface area contributed by atoms with Gasteiger partial charge in [-0.05, 0) is 27.7 Å². The molecule has 2 aromatic rings. The molecule has 0 atom stereocenters. The normalized spacial score (nSPS) is 11.0. The summed E-state index contributed by atoms with van der Waals surface area (Å²) >= 11 is 1.29. The lowest BCUT2D eigenvalue weighted by Gasteiger charge is -2.04. The number of nitrogens with zero attached hydrogens (tertiary/aromatic N) is 2. The van der Waals surface area contributed by atoms with Crippen LogP contribution in [0.2, 0.25) is 0 Å². The van der Waals surface area contributed by atoms with Crippen molar-refractivity contribution >= 4 is 11.3 Å². The maximum Gasteiger partial charge on any atom is 0.307 e. The predicted octanol–water partition coefficient (Wildman–Crippen LogP) is 2.18. The Labute approximate surface area is 97.5 Å². The standard InChI is InChI=1S/C11H14N2O2S/c1-6-10(8(3)15-12-6)5-13-7(2)9(4)16-11(13)14/h5H2,1-4H3. The van der Waals surface area contributed by atoms with Crippen LogP contribution in [0.3, 0.4) is 0 Å². The molecule has 0 N–H and O–H groups in total. The minimum atomic E-state index is 0.0787. The Morgan fingerprint density at radius 3 is 2.44 bits per heavy atom. The number of hydrogen-bond acceptors (Lipinski definition) is 4. The van der Waals surface area contributed by atoms with Gasteiger partial charge in [0.1, 0.15) is 5.76 Å². The fraction of sp³-hybridized carbons (Fsp3) is 0.455. The van der Waals surface area contributed by atoms with E-state index < -0.39 is 0 Å². The van der Waals surface area contributed by atoms with Crippen LogP contribution < -0.4 is 4.87 Å². The SMILES string of the molecule is Cc1noc(C)c1Cn1c(C)c(C)sc1=O. The lowest BCUT2D eigenvalue weighted by Crippen LogP contribution is -2.16. The minimum absolute atomic E-state index is 0.0787. The maximum absolute atomic E-state index is 11.7. The quantitative estimate of drug-likeness (QED) is 0.805. The summed E-state index contributed by atoms with van der Waals surface area (Å²) in [7, 11) is 0. The van der Waals surface area contributed by atoms with Gasteiger partial charge in [0, 0.05) is 16.1 Å². The van der Waals surface area contributed by atoms with Gasteiger partial charge in [-0.15, -0.1) is 0 Å². The van der Waals surface area contributed by atoms with E-state index >= 15 is 0 Å². The molecule has 0 amide bonds. The Kier molecular flexibility index (Phi) is 2.71. The van der Waals surface area contributed by atoms with E-state index in [2.05, 4.69) is 5.16 Å². The van der Waals surface area contributed by atoms with Crippen molar-refractivity contribution in [2.45, 2.75) is 34.2 Å². The molecule has 16 heavy (non-hydrogen) atoms. The second-order valence-electron chi connectivity index (χ2n) is 3.90. The van der Waals surface area contributed by atoms with Crippen molar-refractivity contribution in [1.82, 2.24) is 9.72 Å². The predicted molar refractivity (Wildman–Crippen MR) is 63.1 cm³/mol. The third-order valence-corrected chi connectivity index (χ3v) is 3.87. The van der Waals surface area contributed by atoms with Gasteiger partial charge in [-0.2, -0.15) is 0 Å². The van der Waals surface area contributed by atoms with Crippen molar-refractivity contribution in [3.05, 3.63) is 37.3 Å². The molecule has 0 aromatic carbocycles. The first-order chi connectivity index (χ1) is 7.50. The van der Waals surface area contributed by atoms with Crippen LogP contribution in [0.25, 0.3) is 0 Å². The fourth-order valence-electron chi connectivity index (χ4n) is 1.66. The van der Waals surface area contributed by atoms with Crippen LogP contribution in [0.4, 0.5) is 0 Å². The summed E-state index contributed by atoms with van der Waals surface area (Å²) in [5, 5.41) is 3.89. The summed E-state index contributed by atoms with van der Waals surface area (Å²) in [5.74, 6) is 0.785. The molecular formula is C11H14N2O2S. The van der Waals surface area contributed by atoms with Gasteiger partial charge >= 0.3 is 4.87 Å². The molecule has 2 heterocycles. The van der Waals surface area contributed by atoms with Crippen molar-refractivity contribution in [2.24, 2.45) is 0 Å². The second kappa shape index (κ2) is 3.90. The molecule has 0 saturated heterocycles. The Balaban J connectivity index is 2.45. The Morgan fingerprint density at radius 1 is 1.31 bits per heavy atom. The highest BCUT2D eigenvalue weighted by atomic mass is 32.1. The monoisotopic (exact) mass is 238 g/mol. The van der Waals surface area contributed by atoms with Crippen molar-refractivity contribution in [3.63, 3.8) is 0 Å². The van der Waals surface area contributed by atoms with E-state index in [0.29, 0.717) is 6.54 Å². The van der Waals surface area contributed by atoms with E-state index in [1.165, 1.54) is 11.3 Å². The van der Waals surface area contributed by atoms with Gasteiger partial charge < -0.3 is 4.52 Å². The number of hydrogen-bond donors (Lipinski definition) is 0. The molecule has 2 rings (SSSR count). The molecule has 2 aromatic heterocycles. The summed E-state index contributed by atoms with van der Waals surface area (Å²) in [6, 6.07) is 0. The summed E-state index contributed by atoms with van der Waals surface area (Å²) in [6.45, 7) is 8.24. The van der Waals surface area contributed by atoms with E-state index in [1.807, 2.05) is 27.7 Å². The first kappa shape index (κ1) is 11.1. The Morgan fingerprint density at radius 2 is 2.00 bits per heavy atom. The van der Waals surface area contributed by atoms with Crippen LogP contribution in [0.15, 0.2) is 9.32 Å². The first-order valence-electron chi connectivity index (χ1n) is 5.09. The van der Waals surface area contributed by atoms with Gasteiger partial charge in [-0.3, -0.25) is 9.36 Å². The smallest absolute Gasteiger partial charge is 0.307 e.